The topological polar surface area (TPSA) is 66.4 Å². The largest absolute Gasteiger partial charge is 0.396 e. The predicted molar refractivity (Wildman–Crippen MR) is 68.2 cm³/mol. The lowest BCUT2D eigenvalue weighted by molar-refractivity contribution is 0.287. The lowest BCUT2D eigenvalue weighted by Gasteiger charge is -2.06. The van der Waals surface area contributed by atoms with E-state index < -0.39 is 10.0 Å². The van der Waals surface area contributed by atoms with Gasteiger partial charge in [-0.05, 0) is 37.0 Å². The molecule has 0 bridgehead atoms. The van der Waals surface area contributed by atoms with Crippen LogP contribution >= 0.6 is 0 Å². The van der Waals surface area contributed by atoms with Gasteiger partial charge in [0.05, 0.1) is 5.75 Å². The standard InChI is InChI=1S/C12H18FNO3S/c13-12-5-3-11(4-6-12)7-8-14-18(16,17)10-2-1-9-15/h3-6,14-15H,1-2,7-10H2. The molecule has 6 heteroatoms. The summed E-state index contributed by atoms with van der Waals surface area (Å²) in [7, 11) is -3.27. The number of benzene rings is 1. The third-order valence-corrected chi connectivity index (χ3v) is 3.94. The molecule has 0 aliphatic rings. The average Bonchev–Trinajstić information content (AvgIpc) is 2.32. The highest BCUT2D eigenvalue weighted by Gasteiger charge is 2.08. The molecular weight excluding hydrogens is 257 g/mol. The van der Waals surface area contributed by atoms with Crippen molar-refractivity contribution in [3.8, 4) is 0 Å². The summed E-state index contributed by atoms with van der Waals surface area (Å²) >= 11 is 0. The van der Waals surface area contributed by atoms with E-state index in [0.717, 1.165) is 5.56 Å². The molecule has 0 unspecified atom stereocenters. The normalized spacial score (nSPS) is 11.7. The van der Waals surface area contributed by atoms with Crippen LogP contribution in [0.2, 0.25) is 0 Å². The highest BCUT2D eigenvalue weighted by Crippen LogP contribution is 2.03. The van der Waals surface area contributed by atoms with Gasteiger partial charge in [-0.15, -0.1) is 0 Å². The molecule has 0 spiro atoms. The minimum atomic E-state index is -3.27. The summed E-state index contributed by atoms with van der Waals surface area (Å²) in [6, 6.07) is 5.97. The van der Waals surface area contributed by atoms with Crippen molar-refractivity contribution in [2.75, 3.05) is 18.9 Å². The van der Waals surface area contributed by atoms with Gasteiger partial charge in [0.2, 0.25) is 10.0 Å². The van der Waals surface area contributed by atoms with Crippen LogP contribution in [0.4, 0.5) is 4.39 Å². The Morgan fingerprint density at radius 1 is 1.17 bits per heavy atom. The molecular formula is C12H18FNO3S. The third kappa shape index (κ3) is 6.09. The fraction of sp³-hybridized carbons (Fsp3) is 0.500. The van der Waals surface area contributed by atoms with Crippen LogP contribution in [0.1, 0.15) is 18.4 Å². The summed E-state index contributed by atoms with van der Waals surface area (Å²) in [6.45, 7) is 0.304. The quantitative estimate of drug-likeness (QED) is 0.697. The van der Waals surface area contributed by atoms with Crippen molar-refractivity contribution in [2.45, 2.75) is 19.3 Å². The predicted octanol–water partition coefficient (Wildman–Crippen LogP) is 1.06. The Hall–Kier alpha value is -0.980. The highest BCUT2D eigenvalue weighted by molar-refractivity contribution is 7.89. The molecule has 18 heavy (non-hydrogen) atoms. The number of hydrogen-bond acceptors (Lipinski definition) is 3. The first kappa shape index (κ1) is 15.1. The number of aliphatic hydroxyl groups is 1. The smallest absolute Gasteiger partial charge is 0.211 e. The van der Waals surface area contributed by atoms with Crippen LogP contribution in [0.3, 0.4) is 0 Å². The lowest BCUT2D eigenvalue weighted by atomic mass is 10.1. The summed E-state index contributed by atoms with van der Waals surface area (Å²) in [5.41, 5.74) is 0.884. The van der Waals surface area contributed by atoms with Crippen LogP contribution in [0.15, 0.2) is 24.3 Å². The second-order valence-electron chi connectivity index (χ2n) is 4.02. The molecule has 102 valence electrons. The van der Waals surface area contributed by atoms with Crippen LogP contribution in [-0.2, 0) is 16.4 Å². The first-order valence-corrected chi connectivity index (χ1v) is 7.51. The van der Waals surface area contributed by atoms with Crippen molar-refractivity contribution in [3.63, 3.8) is 0 Å². The number of nitrogens with one attached hydrogen (secondary N) is 1. The molecule has 0 aliphatic carbocycles. The molecule has 0 saturated carbocycles. The maximum absolute atomic E-state index is 12.6. The van der Waals surface area contributed by atoms with Gasteiger partial charge < -0.3 is 5.11 Å². The van der Waals surface area contributed by atoms with E-state index in [-0.39, 0.29) is 18.2 Å². The van der Waals surface area contributed by atoms with Gasteiger partial charge in [0, 0.05) is 13.2 Å². The summed E-state index contributed by atoms with van der Waals surface area (Å²) in [6.07, 6.45) is 1.46. The number of unbranched alkanes of at least 4 members (excludes halogenated alkanes) is 1. The number of halogens is 1. The zero-order chi connectivity index (χ0) is 13.4. The molecule has 0 radical (unpaired) electrons. The molecule has 4 nitrogen and oxygen atoms in total. The van der Waals surface area contributed by atoms with Gasteiger partial charge in [0.25, 0.3) is 0 Å². The molecule has 0 aliphatic heterocycles. The Labute approximate surface area is 107 Å². The Balaban J connectivity index is 2.30. The maximum atomic E-state index is 12.6. The fourth-order valence-corrected chi connectivity index (χ4v) is 2.62. The molecule has 1 aromatic rings. The van der Waals surface area contributed by atoms with Gasteiger partial charge in [-0.3, -0.25) is 0 Å². The Morgan fingerprint density at radius 3 is 2.44 bits per heavy atom. The second-order valence-corrected chi connectivity index (χ2v) is 5.95. The van der Waals surface area contributed by atoms with E-state index >= 15 is 0 Å². The van der Waals surface area contributed by atoms with Gasteiger partial charge in [-0.25, -0.2) is 17.5 Å². The van der Waals surface area contributed by atoms with Crippen molar-refractivity contribution in [3.05, 3.63) is 35.6 Å². The third-order valence-electron chi connectivity index (χ3n) is 2.47. The Morgan fingerprint density at radius 2 is 1.83 bits per heavy atom. The van der Waals surface area contributed by atoms with Crippen molar-refractivity contribution < 1.29 is 17.9 Å². The Kier molecular flexibility index (Phi) is 6.24. The molecule has 1 aromatic carbocycles. The van der Waals surface area contributed by atoms with E-state index in [9.17, 15) is 12.8 Å². The number of hydrogen-bond donors (Lipinski definition) is 2. The number of sulfonamides is 1. The minimum Gasteiger partial charge on any atom is -0.396 e. The molecule has 1 rings (SSSR count). The molecule has 2 N–H and O–H groups in total. The van der Waals surface area contributed by atoms with Crippen LogP contribution in [0.25, 0.3) is 0 Å². The van der Waals surface area contributed by atoms with Gasteiger partial charge in [-0.2, -0.15) is 0 Å². The molecule has 0 amide bonds. The second kappa shape index (κ2) is 7.45. The van der Waals surface area contributed by atoms with E-state index in [2.05, 4.69) is 4.72 Å². The summed E-state index contributed by atoms with van der Waals surface area (Å²) in [5, 5.41) is 8.56. The van der Waals surface area contributed by atoms with Gasteiger partial charge in [0.1, 0.15) is 5.82 Å². The van der Waals surface area contributed by atoms with Crippen LogP contribution < -0.4 is 4.72 Å². The zero-order valence-corrected chi connectivity index (χ0v) is 10.9. The van der Waals surface area contributed by atoms with E-state index in [4.69, 9.17) is 5.11 Å². The van der Waals surface area contributed by atoms with Crippen LogP contribution in [0.5, 0.6) is 0 Å². The van der Waals surface area contributed by atoms with E-state index in [1.165, 1.54) is 12.1 Å². The average molecular weight is 275 g/mol. The summed E-state index contributed by atoms with van der Waals surface area (Å²) in [5.74, 6) is -0.278. The molecule has 0 heterocycles. The molecule has 0 saturated heterocycles. The highest BCUT2D eigenvalue weighted by atomic mass is 32.2. The summed E-state index contributed by atoms with van der Waals surface area (Å²) < 4.78 is 38.1. The zero-order valence-electron chi connectivity index (χ0n) is 10.1. The van der Waals surface area contributed by atoms with E-state index in [1.54, 1.807) is 12.1 Å². The summed E-state index contributed by atoms with van der Waals surface area (Å²) in [4.78, 5) is 0. The molecule has 0 atom stereocenters. The van der Waals surface area contributed by atoms with Crippen LogP contribution in [-0.4, -0.2) is 32.4 Å². The first-order valence-electron chi connectivity index (χ1n) is 5.86. The van der Waals surface area contributed by atoms with E-state index in [1.807, 2.05) is 0 Å². The SMILES string of the molecule is O=S(=O)(CCCCO)NCCc1ccc(F)cc1. The van der Waals surface area contributed by atoms with Crippen molar-refractivity contribution in [1.82, 2.24) is 4.72 Å². The molecule has 0 aromatic heterocycles. The van der Waals surface area contributed by atoms with Crippen molar-refractivity contribution >= 4 is 10.0 Å². The van der Waals surface area contributed by atoms with E-state index in [0.29, 0.717) is 25.8 Å². The number of rotatable bonds is 8. The van der Waals surface area contributed by atoms with Gasteiger partial charge >= 0.3 is 0 Å². The Bertz CT molecular complexity index is 445. The van der Waals surface area contributed by atoms with Crippen molar-refractivity contribution in [1.29, 1.82) is 0 Å². The minimum absolute atomic E-state index is 0.00506. The lowest BCUT2D eigenvalue weighted by Crippen LogP contribution is -2.28. The van der Waals surface area contributed by atoms with Gasteiger partial charge in [-0.1, -0.05) is 12.1 Å². The fourth-order valence-electron chi connectivity index (χ4n) is 1.48. The van der Waals surface area contributed by atoms with Crippen molar-refractivity contribution in [2.24, 2.45) is 0 Å². The first-order chi connectivity index (χ1) is 8.53. The van der Waals surface area contributed by atoms with Crippen LogP contribution in [0, 0.1) is 5.82 Å². The molecule has 0 fully saturated rings. The monoisotopic (exact) mass is 275 g/mol. The van der Waals surface area contributed by atoms with Gasteiger partial charge in [0.15, 0.2) is 0 Å². The number of aliphatic hydroxyl groups excluding tert-OH is 1. The maximum Gasteiger partial charge on any atom is 0.211 e.